The minimum atomic E-state index is 0.848. The summed E-state index contributed by atoms with van der Waals surface area (Å²) in [6, 6.07) is 8.47. The van der Waals surface area contributed by atoms with Crippen LogP contribution in [0.1, 0.15) is 51.4 Å². The average molecular weight is 354 g/mol. The molecular weight excluding hydrogens is 326 g/mol. The predicted octanol–water partition coefficient (Wildman–Crippen LogP) is 5.40. The van der Waals surface area contributed by atoms with E-state index < -0.39 is 0 Å². The maximum atomic E-state index is 5.82. The van der Waals surface area contributed by atoms with E-state index in [1.165, 1.54) is 57.2 Å². The largest absolute Gasteiger partial charge is 0.491 e. The molecule has 0 aliphatic carbocycles. The molecular formula is C18H28BrNO. The number of unbranched alkanes of at least 4 members (excludes halogenated alkanes) is 6. The Bertz CT molecular complexity index is 397. The fraction of sp³-hybridized carbons (Fsp3) is 0.667. The highest BCUT2D eigenvalue weighted by atomic mass is 79.9. The van der Waals surface area contributed by atoms with Crippen LogP contribution in [0.25, 0.3) is 0 Å². The first kappa shape index (κ1) is 16.7. The van der Waals surface area contributed by atoms with Crippen molar-refractivity contribution in [3.63, 3.8) is 0 Å². The molecule has 0 saturated heterocycles. The van der Waals surface area contributed by atoms with Gasteiger partial charge in [0.15, 0.2) is 0 Å². The van der Waals surface area contributed by atoms with Gasteiger partial charge in [-0.1, -0.05) is 60.2 Å². The molecule has 21 heavy (non-hydrogen) atoms. The summed E-state index contributed by atoms with van der Waals surface area (Å²) < 4.78 is 5.82. The smallest absolute Gasteiger partial charge is 0.142 e. The van der Waals surface area contributed by atoms with Crippen molar-refractivity contribution < 1.29 is 4.74 Å². The van der Waals surface area contributed by atoms with E-state index in [4.69, 9.17) is 4.74 Å². The van der Waals surface area contributed by atoms with Gasteiger partial charge in [0, 0.05) is 18.4 Å². The molecule has 0 atom stereocenters. The highest BCUT2D eigenvalue weighted by Crippen LogP contribution is 2.30. The van der Waals surface area contributed by atoms with Crippen LogP contribution in [0.5, 0.6) is 5.75 Å². The molecule has 2 nitrogen and oxygen atoms in total. The van der Waals surface area contributed by atoms with E-state index in [0.29, 0.717) is 0 Å². The van der Waals surface area contributed by atoms with Crippen LogP contribution in [0.15, 0.2) is 24.3 Å². The molecule has 0 unspecified atom stereocenters. The third-order valence-electron chi connectivity index (χ3n) is 4.10. The highest BCUT2D eigenvalue weighted by molar-refractivity contribution is 9.09. The summed E-state index contributed by atoms with van der Waals surface area (Å²) in [5.74, 6) is 1.06. The number of ether oxygens (including phenoxy) is 1. The van der Waals surface area contributed by atoms with E-state index in [0.717, 1.165) is 30.7 Å². The number of alkyl halides is 1. The van der Waals surface area contributed by atoms with Crippen LogP contribution in [-0.2, 0) is 0 Å². The zero-order valence-electron chi connectivity index (χ0n) is 13.0. The quantitative estimate of drug-likeness (QED) is 0.435. The maximum absolute atomic E-state index is 5.82. The zero-order chi connectivity index (χ0) is 14.8. The van der Waals surface area contributed by atoms with E-state index >= 15 is 0 Å². The lowest BCUT2D eigenvalue weighted by molar-refractivity contribution is 0.322. The van der Waals surface area contributed by atoms with E-state index in [1.54, 1.807) is 0 Å². The molecule has 0 spiro atoms. The van der Waals surface area contributed by atoms with Crippen LogP contribution in [-0.4, -0.2) is 25.0 Å². The van der Waals surface area contributed by atoms with Crippen molar-refractivity contribution in [3.05, 3.63) is 24.3 Å². The zero-order valence-corrected chi connectivity index (χ0v) is 14.6. The molecule has 1 aromatic rings. The van der Waals surface area contributed by atoms with Crippen molar-refractivity contribution in [2.45, 2.75) is 51.4 Å². The van der Waals surface area contributed by atoms with Gasteiger partial charge in [0.2, 0.25) is 0 Å². The second-order valence-corrected chi connectivity index (χ2v) is 6.61. The minimum absolute atomic E-state index is 0.848. The molecule has 0 N–H and O–H groups in total. The molecule has 0 saturated carbocycles. The lowest BCUT2D eigenvalue weighted by atomic mass is 10.1. The van der Waals surface area contributed by atoms with E-state index in [1.807, 2.05) is 0 Å². The van der Waals surface area contributed by atoms with Crippen LogP contribution in [0.2, 0.25) is 0 Å². The standard InChI is InChI=1S/C18H28BrNO/c19-13-8-4-2-1-3-5-9-14-20-15-10-16-21-18-12-7-6-11-17(18)20/h6-7,11-12H,1-5,8-10,13-16H2. The Labute approximate surface area is 138 Å². The number of halogens is 1. The number of benzene rings is 1. The third kappa shape index (κ3) is 5.90. The molecule has 1 aromatic carbocycles. The van der Waals surface area contributed by atoms with Gasteiger partial charge >= 0.3 is 0 Å². The molecule has 2 rings (SSSR count). The number of nitrogens with zero attached hydrogens (tertiary/aromatic N) is 1. The Balaban J connectivity index is 1.66. The van der Waals surface area contributed by atoms with E-state index in [2.05, 4.69) is 45.1 Å². The van der Waals surface area contributed by atoms with Gasteiger partial charge in [0.1, 0.15) is 5.75 Å². The number of anilines is 1. The van der Waals surface area contributed by atoms with Crippen LogP contribution >= 0.6 is 15.9 Å². The Kier molecular flexibility index (Phi) is 8.01. The van der Waals surface area contributed by atoms with Gasteiger partial charge < -0.3 is 9.64 Å². The summed E-state index contributed by atoms with van der Waals surface area (Å²) in [5, 5.41) is 1.16. The second-order valence-electron chi connectivity index (χ2n) is 5.82. The molecule has 1 heterocycles. The summed E-state index contributed by atoms with van der Waals surface area (Å²) in [5.41, 5.74) is 1.28. The lowest BCUT2D eigenvalue weighted by Gasteiger charge is -2.23. The first-order valence-electron chi connectivity index (χ1n) is 8.44. The maximum Gasteiger partial charge on any atom is 0.142 e. The molecule has 0 amide bonds. The van der Waals surface area contributed by atoms with Crippen molar-refractivity contribution >= 4 is 21.6 Å². The normalized spacial score (nSPS) is 14.4. The van der Waals surface area contributed by atoms with Gasteiger partial charge in [-0.15, -0.1) is 0 Å². The third-order valence-corrected chi connectivity index (χ3v) is 4.66. The van der Waals surface area contributed by atoms with Crippen LogP contribution in [0, 0.1) is 0 Å². The first-order valence-corrected chi connectivity index (χ1v) is 9.56. The van der Waals surface area contributed by atoms with E-state index in [-0.39, 0.29) is 0 Å². The predicted molar refractivity (Wildman–Crippen MR) is 94.9 cm³/mol. The van der Waals surface area contributed by atoms with Crippen molar-refractivity contribution in [2.75, 3.05) is 29.9 Å². The Morgan fingerprint density at radius 2 is 1.67 bits per heavy atom. The number of fused-ring (bicyclic) bond motifs is 1. The SMILES string of the molecule is BrCCCCCCCCCN1CCCOc2ccccc21. The molecule has 0 aromatic heterocycles. The van der Waals surface area contributed by atoms with Gasteiger partial charge in [-0.25, -0.2) is 0 Å². The molecule has 0 fully saturated rings. The molecule has 3 heteroatoms. The summed E-state index contributed by atoms with van der Waals surface area (Å²) in [6.45, 7) is 3.14. The Hall–Kier alpha value is -0.700. The average Bonchev–Trinajstić information content (AvgIpc) is 2.72. The van der Waals surface area contributed by atoms with Crippen LogP contribution in [0.3, 0.4) is 0 Å². The number of hydrogen-bond acceptors (Lipinski definition) is 2. The molecule has 1 aliphatic heterocycles. The van der Waals surface area contributed by atoms with Crippen LogP contribution in [0.4, 0.5) is 5.69 Å². The first-order chi connectivity index (χ1) is 10.4. The molecule has 1 aliphatic rings. The second kappa shape index (κ2) is 10.1. The lowest BCUT2D eigenvalue weighted by Crippen LogP contribution is -2.24. The summed E-state index contributed by atoms with van der Waals surface area (Å²) in [4.78, 5) is 2.51. The Morgan fingerprint density at radius 1 is 0.952 bits per heavy atom. The number of hydrogen-bond donors (Lipinski definition) is 0. The van der Waals surface area contributed by atoms with Crippen molar-refractivity contribution in [1.29, 1.82) is 0 Å². The fourth-order valence-electron chi connectivity index (χ4n) is 2.91. The van der Waals surface area contributed by atoms with Gasteiger partial charge in [0.05, 0.1) is 12.3 Å². The van der Waals surface area contributed by atoms with Crippen molar-refractivity contribution in [3.8, 4) is 5.75 Å². The van der Waals surface area contributed by atoms with Crippen LogP contribution < -0.4 is 9.64 Å². The molecule has 0 radical (unpaired) electrons. The summed E-state index contributed by atoms with van der Waals surface area (Å²) in [6.07, 6.45) is 10.7. The fourth-order valence-corrected chi connectivity index (χ4v) is 3.31. The summed E-state index contributed by atoms with van der Waals surface area (Å²) in [7, 11) is 0. The van der Waals surface area contributed by atoms with Gasteiger partial charge in [0.25, 0.3) is 0 Å². The van der Waals surface area contributed by atoms with E-state index in [9.17, 15) is 0 Å². The summed E-state index contributed by atoms with van der Waals surface area (Å²) >= 11 is 3.49. The number of rotatable bonds is 9. The highest BCUT2D eigenvalue weighted by Gasteiger charge is 2.14. The minimum Gasteiger partial charge on any atom is -0.491 e. The topological polar surface area (TPSA) is 12.5 Å². The van der Waals surface area contributed by atoms with Crippen molar-refractivity contribution in [2.24, 2.45) is 0 Å². The van der Waals surface area contributed by atoms with Crippen molar-refractivity contribution in [1.82, 2.24) is 0 Å². The molecule has 118 valence electrons. The van der Waals surface area contributed by atoms with Gasteiger partial charge in [-0.3, -0.25) is 0 Å². The van der Waals surface area contributed by atoms with Gasteiger partial charge in [-0.05, 0) is 31.4 Å². The van der Waals surface area contributed by atoms with Gasteiger partial charge in [-0.2, -0.15) is 0 Å². The monoisotopic (exact) mass is 353 g/mol. The molecule has 0 bridgehead atoms. The Morgan fingerprint density at radius 3 is 2.48 bits per heavy atom. The number of para-hydroxylation sites is 2.